The second kappa shape index (κ2) is 3.51. The van der Waals surface area contributed by atoms with Gasteiger partial charge in [-0.3, -0.25) is 0 Å². The van der Waals surface area contributed by atoms with Crippen LogP contribution in [0.3, 0.4) is 0 Å². The van der Waals surface area contributed by atoms with Gasteiger partial charge in [-0.05, 0) is 38.2 Å². The summed E-state index contributed by atoms with van der Waals surface area (Å²) in [4.78, 5) is 7.93. The smallest absolute Gasteiger partial charge is 0.213 e. The minimum absolute atomic E-state index is 0.720. The van der Waals surface area contributed by atoms with Gasteiger partial charge < -0.3 is 9.72 Å². The van der Waals surface area contributed by atoms with Gasteiger partial charge in [0.2, 0.25) is 5.88 Å². The van der Waals surface area contributed by atoms with Gasteiger partial charge in [0.1, 0.15) is 0 Å². The number of aromatic nitrogens is 2. The predicted molar refractivity (Wildman–Crippen MR) is 64.0 cm³/mol. The second-order valence-electron chi connectivity index (χ2n) is 4.46. The summed E-state index contributed by atoms with van der Waals surface area (Å²) in [6, 6.07) is 2.06. The van der Waals surface area contributed by atoms with E-state index in [1.165, 1.54) is 47.8 Å². The number of nitrogens with one attached hydrogen (secondary N) is 1. The van der Waals surface area contributed by atoms with Crippen LogP contribution in [0.1, 0.15) is 29.8 Å². The maximum absolute atomic E-state index is 5.24. The number of hydrogen-bond donors (Lipinski definition) is 1. The molecule has 0 spiro atoms. The van der Waals surface area contributed by atoms with Crippen LogP contribution in [0.2, 0.25) is 0 Å². The van der Waals surface area contributed by atoms with E-state index in [9.17, 15) is 0 Å². The first-order valence-corrected chi connectivity index (χ1v) is 5.84. The molecule has 16 heavy (non-hydrogen) atoms. The number of pyridine rings is 1. The molecule has 0 saturated heterocycles. The van der Waals surface area contributed by atoms with Gasteiger partial charge in [-0.25, -0.2) is 4.98 Å². The van der Waals surface area contributed by atoms with E-state index in [2.05, 4.69) is 16.0 Å². The summed E-state index contributed by atoms with van der Waals surface area (Å²) in [5.41, 5.74) is 5.10. The third-order valence-electron chi connectivity index (χ3n) is 3.45. The molecule has 0 unspecified atom stereocenters. The average molecular weight is 216 g/mol. The van der Waals surface area contributed by atoms with Crippen LogP contribution in [0.4, 0.5) is 0 Å². The Morgan fingerprint density at radius 1 is 1.31 bits per heavy atom. The zero-order valence-corrected chi connectivity index (χ0v) is 9.76. The first-order valence-electron chi connectivity index (χ1n) is 5.84. The normalized spacial score (nSPS) is 15.1. The van der Waals surface area contributed by atoms with Gasteiger partial charge in [-0.15, -0.1) is 0 Å². The summed E-state index contributed by atoms with van der Waals surface area (Å²) in [6.07, 6.45) is 4.95. The molecule has 3 rings (SSSR count). The highest BCUT2D eigenvalue weighted by atomic mass is 16.5. The Hall–Kier alpha value is -1.51. The molecule has 3 heteroatoms. The lowest BCUT2D eigenvalue weighted by atomic mass is 9.96. The molecule has 0 radical (unpaired) electrons. The van der Waals surface area contributed by atoms with Gasteiger partial charge >= 0.3 is 0 Å². The Bertz CT molecular complexity index is 542. The Balaban J connectivity index is 2.30. The Morgan fingerprint density at radius 3 is 2.94 bits per heavy atom. The molecule has 0 aromatic carbocycles. The van der Waals surface area contributed by atoms with Gasteiger partial charge in [0, 0.05) is 17.1 Å². The predicted octanol–water partition coefficient (Wildman–Crippen LogP) is 2.76. The Kier molecular flexibility index (Phi) is 2.13. The van der Waals surface area contributed by atoms with Crippen LogP contribution in [0.25, 0.3) is 10.9 Å². The van der Waals surface area contributed by atoms with Crippen LogP contribution < -0.4 is 4.74 Å². The average Bonchev–Trinajstić information content (AvgIpc) is 2.68. The number of aromatic amines is 1. The Labute approximate surface area is 94.8 Å². The van der Waals surface area contributed by atoms with Crippen molar-refractivity contribution in [3.8, 4) is 5.88 Å². The topological polar surface area (TPSA) is 37.9 Å². The monoisotopic (exact) mass is 216 g/mol. The van der Waals surface area contributed by atoms with Crippen LogP contribution in [0, 0.1) is 6.92 Å². The number of aryl methyl sites for hydroxylation is 3. The van der Waals surface area contributed by atoms with E-state index in [1.54, 1.807) is 7.11 Å². The molecule has 0 aliphatic heterocycles. The second-order valence-corrected chi connectivity index (χ2v) is 4.46. The number of rotatable bonds is 1. The SMILES string of the molecule is COc1cc2c3c([nH]c2c(C)n1)CCCC3. The summed E-state index contributed by atoms with van der Waals surface area (Å²) in [5, 5.41) is 1.30. The standard InChI is InChI=1S/C13H16N2O/c1-8-13-10(7-12(14-8)16-2)9-5-3-4-6-11(9)15-13/h7,15H,3-6H2,1-2H3. The fraction of sp³-hybridized carbons (Fsp3) is 0.462. The molecule has 1 aliphatic rings. The molecule has 1 aliphatic carbocycles. The van der Waals surface area contributed by atoms with E-state index in [0.717, 1.165) is 11.6 Å². The van der Waals surface area contributed by atoms with Crippen molar-refractivity contribution in [2.24, 2.45) is 0 Å². The van der Waals surface area contributed by atoms with Crippen molar-refractivity contribution in [2.45, 2.75) is 32.6 Å². The zero-order valence-electron chi connectivity index (χ0n) is 9.76. The molecular weight excluding hydrogens is 200 g/mol. The van der Waals surface area contributed by atoms with Crippen molar-refractivity contribution < 1.29 is 4.74 Å². The van der Waals surface area contributed by atoms with Gasteiger partial charge in [0.25, 0.3) is 0 Å². The minimum Gasteiger partial charge on any atom is -0.481 e. The van der Waals surface area contributed by atoms with Gasteiger partial charge in [-0.1, -0.05) is 0 Å². The molecule has 1 N–H and O–H groups in total. The van der Waals surface area contributed by atoms with E-state index < -0.39 is 0 Å². The van der Waals surface area contributed by atoms with Crippen molar-refractivity contribution in [2.75, 3.05) is 7.11 Å². The third-order valence-corrected chi connectivity index (χ3v) is 3.45. The molecule has 0 saturated carbocycles. The molecule has 0 bridgehead atoms. The molecule has 2 heterocycles. The molecule has 2 aromatic rings. The van der Waals surface area contributed by atoms with Crippen molar-refractivity contribution in [3.05, 3.63) is 23.0 Å². The summed E-state index contributed by atoms with van der Waals surface area (Å²) >= 11 is 0. The lowest BCUT2D eigenvalue weighted by Crippen LogP contribution is -2.00. The largest absolute Gasteiger partial charge is 0.481 e. The van der Waals surface area contributed by atoms with E-state index in [1.807, 2.05) is 6.92 Å². The van der Waals surface area contributed by atoms with Crippen LogP contribution in [-0.4, -0.2) is 17.1 Å². The number of nitrogens with zero attached hydrogens (tertiary/aromatic N) is 1. The summed E-state index contributed by atoms with van der Waals surface area (Å²) < 4.78 is 5.24. The fourth-order valence-electron chi connectivity index (χ4n) is 2.64. The van der Waals surface area contributed by atoms with Crippen molar-refractivity contribution >= 4 is 10.9 Å². The molecule has 0 atom stereocenters. The number of H-pyrrole nitrogens is 1. The number of hydrogen-bond acceptors (Lipinski definition) is 2. The summed E-state index contributed by atoms with van der Waals surface area (Å²) in [7, 11) is 1.67. The van der Waals surface area contributed by atoms with E-state index in [-0.39, 0.29) is 0 Å². The van der Waals surface area contributed by atoms with Gasteiger partial charge in [0.05, 0.1) is 18.3 Å². The summed E-state index contributed by atoms with van der Waals surface area (Å²) in [5.74, 6) is 0.720. The Morgan fingerprint density at radius 2 is 2.12 bits per heavy atom. The lowest BCUT2D eigenvalue weighted by Gasteiger charge is -2.10. The number of ether oxygens (including phenoxy) is 1. The van der Waals surface area contributed by atoms with Crippen LogP contribution in [0.15, 0.2) is 6.07 Å². The van der Waals surface area contributed by atoms with Crippen LogP contribution in [-0.2, 0) is 12.8 Å². The maximum Gasteiger partial charge on any atom is 0.213 e. The minimum atomic E-state index is 0.720. The first kappa shape index (κ1) is 9.70. The van der Waals surface area contributed by atoms with Crippen molar-refractivity contribution in [1.82, 2.24) is 9.97 Å². The van der Waals surface area contributed by atoms with E-state index >= 15 is 0 Å². The number of methoxy groups -OCH3 is 1. The third kappa shape index (κ3) is 1.31. The van der Waals surface area contributed by atoms with Crippen molar-refractivity contribution in [1.29, 1.82) is 0 Å². The highest BCUT2D eigenvalue weighted by Gasteiger charge is 2.17. The van der Waals surface area contributed by atoms with Gasteiger partial charge in [-0.2, -0.15) is 0 Å². The zero-order chi connectivity index (χ0) is 11.1. The first-order chi connectivity index (χ1) is 7.79. The van der Waals surface area contributed by atoms with Crippen molar-refractivity contribution in [3.63, 3.8) is 0 Å². The number of fused-ring (bicyclic) bond motifs is 3. The lowest BCUT2D eigenvalue weighted by molar-refractivity contribution is 0.398. The fourth-order valence-corrected chi connectivity index (χ4v) is 2.64. The summed E-state index contributed by atoms with van der Waals surface area (Å²) in [6.45, 7) is 2.03. The highest BCUT2D eigenvalue weighted by Crippen LogP contribution is 2.31. The molecule has 3 nitrogen and oxygen atoms in total. The molecule has 2 aromatic heterocycles. The highest BCUT2D eigenvalue weighted by molar-refractivity contribution is 5.87. The molecular formula is C13H16N2O. The molecule has 0 fully saturated rings. The maximum atomic E-state index is 5.24. The van der Waals surface area contributed by atoms with E-state index in [0.29, 0.717) is 0 Å². The quantitative estimate of drug-likeness (QED) is 0.796. The molecule has 84 valence electrons. The molecule has 0 amide bonds. The van der Waals surface area contributed by atoms with Gasteiger partial charge in [0.15, 0.2) is 0 Å². The van der Waals surface area contributed by atoms with Crippen LogP contribution >= 0.6 is 0 Å². The van der Waals surface area contributed by atoms with E-state index in [4.69, 9.17) is 4.74 Å². The van der Waals surface area contributed by atoms with Crippen LogP contribution in [0.5, 0.6) is 5.88 Å².